The molecule has 0 spiro atoms. The Balaban J connectivity index is 2.60. The van der Waals surface area contributed by atoms with Gasteiger partial charge in [-0.05, 0) is 13.0 Å². The van der Waals surface area contributed by atoms with E-state index in [0.29, 0.717) is 13.0 Å². The minimum absolute atomic E-state index is 0.00783. The summed E-state index contributed by atoms with van der Waals surface area (Å²) in [5.74, 6) is 0.0442. The summed E-state index contributed by atoms with van der Waals surface area (Å²) in [5, 5.41) is 2.94. The van der Waals surface area contributed by atoms with Crippen LogP contribution in [0, 0.1) is 0 Å². The van der Waals surface area contributed by atoms with Crippen molar-refractivity contribution in [3.05, 3.63) is 0 Å². The van der Waals surface area contributed by atoms with Gasteiger partial charge in [-0.2, -0.15) is 0 Å². The summed E-state index contributed by atoms with van der Waals surface area (Å²) in [6.07, 6.45) is 0.402. The van der Waals surface area contributed by atoms with Crippen LogP contribution in [0.25, 0.3) is 0 Å². The molecule has 1 atom stereocenters. The molecule has 17 heavy (non-hydrogen) atoms. The van der Waals surface area contributed by atoms with Crippen LogP contribution in [0.4, 0.5) is 0 Å². The van der Waals surface area contributed by atoms with Gasteiger partial charge in [0.2, 0.25) is 10.0 Å². The van der Waals surface area contributed by atoms with Crippen molar-refractivity contribution >= 4 is 19.9 Å². The third-order valence-corrected chi connectivity index (χ3v) is 6.59. The monoisotopic (exact) mass is 284 g/mol. The zero-order valence-corrected chi connectivity index (χ0v) is 11.8. The van der Waals surface area contributed by atoms with Crippen molar-refractivity contribution in [2.75, 3.05) is 37.4 Å². The van der Waals surface area contributed by atoms with E-state index in [-0.39, 0.29) is 17.3 Å². The van der Waals surface area contributed by atoms with E-state index in [4.69, 9.17) is 0 Å². The van der Waals surface area contributed by atoms with E-state index in [2.05, 4.69) is 5.32 Å². The van der Waals surface area contributed by atoms with Crippen molar-refractivity contribution in [1.29, 1.82) is 0 Å². The van der Waals surface area contributed by atoms with Crippen LogP contribution in [0.3, 0.4) is 0 Å². The fourth-order valence-electron chi connectivity index (χ4n) is 1.81. The maximum absolute atomic E-state index is 11.9. The van der Waals surface area contributed by atoms with Gasteiger partial charge in [0.15, 0.2) is 9.84 Å². The van der Waals surface area contributed by atoms with Crippen molar-refractivity contribution in [2.24, 2.45) is 0 Å². The van der Waals surface area contributed by atoms with Gasteiger partial charge in [0.25, 0.3) is 0 Å². The van der Waals surface area contributed by atoms with E-state index < -0.39 is 25.9 Å². The minimum Gasteiger partial charge on any atom is -0.316 e. The van der Waals surface area contributed by atoms with Gasteiger partial charge in [-0.15, -0.1) is 0 Å². The molecule has 102 valence electrons. The molecule has 0 radical (unpaired) electrons. The molecule has 0 amide bonds. The second kappa shape index (κ2) is 5.64. The van der Waals surface area contributed by atoms with E-state index in [1.54, 1.807) is 0 Å². The molecule has 0 aromatic heterocycles. The molecule has 0 aliphatic carbocycles. The van der Waals surface area contributed by atoms with Crippen molar-refractivity contribution in [3.8, 4) is 0 Å². The number of rotatable bonds is 6. The highest BCUT2D eigenvalue weighted by Crippen LogP contribution is 2.18. The number of sulfonamides is 1. The summed E-state index contributed by atoms with van der Waals surface area (Å²) in [4.78, 5) is 0. The number of nitrogens with one attached hydrogen (secondary N) is 1. The molecular weight excluding hydrogens is 264 g/mol. The SMILES string of the molecule is CCNCCS(=O)(=O)N(C)C1CCS(=O)(=O)C1. The Hall–Kier alpha value is -0.180. The summed E-state index contributed by atoms with van der Waals surface area (Å²) in [7, 11) is -4.94. The molecule has 1 saturated heterocycles. The lowest BCUT2D eigenvalue weighted by Gasteiger charge is -2.22. The predicted molar refractivity (Wildman–Crippen MR) is 67.2 cm³/mol. The molecule has 0 saturated carbocycles. The molecule has 1 fully saturated rings. The maximum atomic E-state index is 11.9. The Morgan fingerprint density at radius 1 is 1.41 bits per heavy atom. The normalized spacial score (nSPS) is 24.3. The quantitative estimate of drug-likeness (QED) is 0.636. The lowest BCUT2D eigenvalue weighted by Crippen LogP contribution is -2.41. The second-order valence-corrected chi connectivity index (χ2v) is 8.62. The molecule has 0 bridgehead atoms. The number of nitrogens with zero attached hydrogens (tertiary/aromatic N) is 1. The summed E-state index contributed by atoms with van der Waals surface area (Å²) in [6, 6.07) is -0.397. The predicted octanol–water partition coefficient (Wildman–Crippen LogP) is -0.955. The zero-order chi connectivity index (χ0) is 13.1. The Kier molecular flexibility index (Phi) is 4.94. The van der Waals surface area contributed by atoms with Crippen molar-refractivity contribution < 1.29 is 16.8 Å². The molecular formula is C9H20N2O4S2. The molecule has 1 rings (SSSR count). The van der Waals surface area contributed by atoms with Gasteiger partial charge in [0.1, 0.15) is 0 Å². The summed E-state index contributed by atoms with van der Waals surface area (Å²) in [6.45, 7) is 3.01. The largest absolute Gasteiger partial charge is 0.316 e. The van der Waals surface area contributed by atoms with Crippen molar-refractivity contribution in [2.45, 2.75) is 19.4 Å². The molecule has 1 aliphatic heterocycles. The van der Waals surface area contributed by atoms with Gasteiger partial charge in [-0.25, -0.2) is 21.1 Å². The fourth-order valence-corrected chi connectivity index (χ4v) is 5.00. The van der Waals surface area contributed by atoms with Gasteiger partial charge in [-0.3, -0.25) is 0 Å². The van der Waals surface area contributed by atoms with Crippen molar-refractivity contribution in [3.63, 3.8) is 0 Å². The van der Waals surface area contributed by atoms with Crippen LogP contribution in [-0.2, 0) is 19.9 Å². The number of sulfone groups is 1. The minimum atomic E-state index is -3.36. The first-order valence-electron chi connectivity index (χ1n) is 5.65. The van der Waals surface area contributed by atoms with Crippen LogP contribution in [0.2, 0.25) is 0 Å². The first kappa shape index (κ1) is 14.9. The lowest BCUT2D eigenvalue weighted by atomic mass is 10.3. The van der Waals surface area contributed by atoms with E-state index >= 15 is 0 Å². The highest BCUT2D eigenvalue weighted by atomic mass is 32.2. The summed E-state index contributed by atoms with van der Waals surface area (Å²) < 4.78 is 47.6. The van der Waals surface area contributed by atoms with E-state index in [1.165, 1.54) is 11.4 Å². The molecule has 0 aromatic rings. The molecule has 1 unspecified atom stereocenters. The fraction of sp³-hybridized carbons (Fsp3) is 1.00. The molecule has 6 nitrogen and oxygen atoms in total. The average Bonchev–Trinajstić information content (AvgIpc) is 2.58. The van der Waals surface area contributed by atoms with E-state index in [9.17, 15) is 16.8 Å². The van der Waals surface area contributed by atoms with Crippen LogP contribution in [-0.4, -0.2) is 64.6 Å². The third-order valence-electron chi connectivity index (χ3n) is 2.95. The third kappa shape index (κ3) is 4.20. The van der Waals surface area contributed by atoms with E-state index in [1.807, 2.05) is 6.92 Å². The van der Waals surface area contributed by atoms with Gasteiger partial charge in [-0.1, -0.05) is 6.92 Å². The summed E-state index contributed by atoms with van der Waals surface area (Å²) >= 11 is 0. The Morgan fingerprint density at radius 2 is 2.06 bits per heavy atom. The highest BCUT2D eigenvalue weighted by Gasteiger charge is 2.35. The maximum Gasteiger partial charge on any atom is 0.215 e. The Labute approximate surface area is 103 Å². The molecule has 0 aromatic carbocycles. The first-order valence-corrected chi connectivity index (χ1v) is 9.08. The van der Waals surface area contributed by atoms with Crippen LogP contribution in [0.5, 0.6) is 0 Å². The van der Waals surface area contributed by atoms with Gasteiger partial charge >= 0.3 is 0 Å². The van der Waals surface area contributed by atoms with E-state index in [0.717, 1.165) is 6.54 Å². The second-order valence-electron chi connectivity index (χ2n) is 4.24. The van der Waals surface area contributed by atoms with Crippen LogP contribution in [0.1, 0.15) is 13.3 Å². The highest BCUT2D eigenvalue weighted by molar-refractivity contribution is 7.92. The number of hydrogen-bond donors (Lipinski definition) is 1. The van der Waals surface area contributed by atoms with Crippen LogP contribution >= 0.6 is 0 Å². The van der Waals surface area contributed by atoms with Gasteiger partial charge in [0.05, 0.1) is 17.3 Å². The number of hydrogen-bond acceptors (Lipinski definition) is 5. The standard InChI is InChI=1S/C9H20N2O4S2/c1-3-10-5-7-17(14,15)11(2)9-4-6-16(12,13)8-9/h9-10H,3-8H2,1-2H3. The molecule has 1 N–H and O–H groups in total. The first-order chi connectivity index (χ1) is 7.78. The molecule has 1 heterocycles. The molecule has 1 aliphatic rings. The topological polar surface area (TPSA) is 83.6 Å². The summed E-state index contributed by atoms with van der Waals surface area (Å²) in [5.41, 5.74) is 0. The zero-order valence-electron chi connectivity index (χ0n) is 10.2. The Morgan fingerprint density at radius 3 is 2.53 bits per heavy atom. The molecule has 8 heteroatoms. The van der Waals surface area contributed by atoms with Crippen LogP contribution in [0.15, 0.2) is 0 Å². The smallest absolute Gasteiger partial charge is 0.215 e. The van der Waals surface area contributed by atoms with Gasteiger partial charge < -0.3 is 5.32 Å². The Bertz CT molecular complexity index is 444. The van der Waals surface area contributed by atoms with Crippen LogP contribution < -0.4 is 5.32 Å². The lowest BCUT2D eigenvalue weighted by molar-refractivity contribution is 0.393. The average molecular weight is 284 g/mol. The van der Waals surface area contributed by atoms with Gasteiger partial charge in [0, 0.05) is 19.6 Å². The van der Waals surface area contributed by atoms with Crippen molar-refractivity contribution in [1.82, 2.24) is 9.62 Å².